The smallest absolute Gasteiger partial charge is 0.404 e. The van der Waals surface area contributed by atoms with Crippen LogP contribution in [-0.4, -0.2) is 27.6 Å². The van der Waals surface area contributed by atoms with Crippen LogP contribution in [0, 0.1) is 5.41 Å². The average Bonchev–Trinajstić information content (AvgIpc) is 2.92. The van der Waals surface area contributed by atoms with Crippen molar-refractivity contribution in [2.45, 2.75) is 47.1 Å². The van der Waals surface area contributed by atoms with Gasteiger partial charge in [-0.05, 0) is 36.0 Å². The maximum atomic E-state index is 10.4. The van der Waals surface area contributed by atoms with E-state index in [1.165, 1.54) is 0 Å². The summed E-state index contributed by atoms with van der Waals surface area (Å²) in [6.07, 6.45) is 2.49. The molecule has 0 radical (unpaired) electrons. The van der Waals surface area contributed by atoms with Gasteiger partial charge in [0.25, 0.3) is 0 Å². The molecule has 1 aromatic carbocycles. The monoisotopic (exact) mass is 463 g/mol. The molecule has 0 fully saturated rings. The number of aryl methyl sites for hydroxylation is 2. The SMILES string of the molecule is CC(C)(C)CCOc1c(Cl)cc(CNC(=O)O)cc1Cl.CCc1nn(C)cc1Cl. The van der Waals surface area contributed by atoms with Gasteiger partial charge in [-0.15, -0.1) is 0 Å². The number of rotatable bonds is 6. The van der Waals surface area contributed by atoms with E-state index in [0.717, 1.165) is 23.6 Å². The van der Waals surface area contributed by atoms with Gasteiger partial charge < -0.3 is 15.2 Å². The summed E-state index contributed by atoms with van der Waals surface area (Å²) >= 11 is 18.0. The van der Waals surface area contributed by atoms with Crippen LogP contribution in [0.2, 0.25) is 15.1 Å². The Morgan fingerprint density at radius 3 is 2.17 bits per heavy atom. The first-order chi connectivity index (χ1) is 13.4. The van der Waals surface area contributed by atoms with E-state index in [2.05, 4.69) is 31.2 Å². The Balaban J connectivity index is 0.000000387. The molecule has 2 aromatic rings. The van der Waals surface area contributed by atoms with Crippen LogP contribution in [0.4, 0.5) is 4.79 Å². The van der Waals surface area contributed by atoms with Gasteiger partial charge in [0.2, 0.25) is 0 Å². The molecule has 0 aliphatic carbocycles. The molecule has 9 heteroatoms. The van der Waals surface area contributed by atoms with Crippen LogP contribution in [0.1, 0.15) is 45.4 Å². The third-order valence-electron chi connectivity index (χ3n) is 3.79. The summed E-state index contributed by atoms with van der Waals surface area (Å²) in [5.41, 5.74) is 1.83. The van der Waals surface area contributed by atoms with Gasteiger partial charge >= 0.3 is 6.09 Å². The number of hydrogen-bond acceptors (Lipinski definition) is 3. The number of carbonyl (C=O) groups is 1. The number of nitrogens with zero attached hydrogens (tertiary/aromatic N) is 2. The molecular formula is C20H28Cl3N3O3. The quantitative estimate of drug-likeness (QED) is 0.532. The second-order valence-corrected chi connectivity index (χ2v) is 8.88. The Hall–Kier alpha value is -1.63. The molecule has 1 heterocycles. The summed E-state index contributed by atoms with van der Waals surface area (Å²) in [6.45, 7) is 9.08. The van der Waals surface area contributed by atoms with Crippen molar-refractivity contribution in [3.63, 3.8) is 0 Å². The number of halogens is 3. The fourth-order valence-electron chi connectivity index (χ4n) is 2.23. The van der Waals surface area contributed by atoms with E-state index in [1.54, 1.807) is 23.0 Å². The summed E-state index contributed by atoms with van der Waals surface area (Å²) < 4.78 is 7.35. The molecule has 0 bridgehead atoms. The number of carboxylic acid groups (broad SMARTS) is 1. The molecular weight excluding hydrogens is 437 g/mol. The van der Waals surface area contributed by atoms with Crippen molar-refractivity contribution < 1.29 is 14.6 Å². The Labute approximate surface area is 187 Å². The van der Waals surface area contributed by atoms with Crippen LogP contribution in [-0.2, 0) is 20.0 Å². The summed E-state index contributed by atoms with van der Waals surface area (Å²) in [5.74, 6) is 0.441. The number of nitrogens with one attached hydrogen (secondary N) is 1. The lowest BCUT2D eigenvalue weighted by molar-refractivity contribution is 0.194. The van der Waals surface area contributed by atoms with Gasteiger partial charge in [0.15, 0.2) is 5.75 Å². The first kappa shape index (κ1) is 25.4. The molecule has 2 rings (SSSR count). The Morgan fingerprint density at radius 2 is 1.79 bits per heavy atom. The normalized spacial score (nSPS) is 10.9. The van der Waals surface area contributed by atoms with Gasteiger partial charge in [0.1, 0.15) is 0 Å². The molecule has 6 nitrogen and oxygen atoms in total. The van der Waals surface area contributed by atoms with E-state index in [9.17, 15) is 4.79 Å². The molecule has 0 unspecified atom stereocenters. The van der Waals surface area contributed by atoms with Crippen LogP contribution in [0.5, 0.6) is 5.75 Å². The van der Waals surface area contributed by atoms with E-state index >= 15 is 0 Å². The van der Waals surface area contributed by atoms with Gasteiger partial charge in [-0.2, -0.15) is 5.10 Å². The van der Waals surface area contributed by atoms with Gasteiger partial charge in [-0.25, -0.2) is 4.79 Å². The summed E-state index contributed by atoms with van der Waals surface area (Å²) in [5, 5.41) is 16.5. The predicted octanol–water partition coefficient (Wildman–Crippen LogP) is 6.21. The van der Waals surface area contributed by atoms with Crippen LogP contribution < -0.4 is 10.1 Å². The summed E-state index contributed by atoms with van der Waals surface area (Å²) in [7, 11) is 1.87. The van der Waals surface area contributed by atoms with Crippen LogP contribution >= 0.6 is 34.8 Å². The van der Waals surface area contributed by atoms with E-state index in [1.807, 2.05) is 14.0 Å². The predicted molar refractivity (Wildman–Crippen MR) is 118 cm³/mol. The maximum absolute atomic E-state index is 10.4. The highest BCUT2D eigenvalue weighted by Gasteiger charge is 2.14. The lowest BCUT2D eigenvalue weighted by Gasteiger charge is -2.19. The van der Waals surface area contributed by atoms with Gasteiger partial charge in [-0.3, -0.25) is 4.68 Å². The van der Waals surface area contributed by atoms with Crippen molar-refractivity contribution >= 4 is 40.9 Å². The fourth-order valence-corrected chi connectivity index (χ4v) is 3.19. The largest absolute Gasteiger partial charge is 0.490 e. The minimum Gasteiger partial charge on any atom is -0.490 e. The standard InChI is InChI=1S/C14H19Cl2NO3.C6H9ClN2/c1-14(2,3)4-5-20-12-10(15)6-9(7-11(12)16)8-17-13(18)19;1-3-6-5(7)4-9(2)8-6/h6-7,17H,4-5,8H2,1-3H3,(H,18,19);4H,3H2,1-2H3. The average molecular weight is 465 g/mol. The molecule has 1 amide bonds. The number of benzene rings is 1. The summed E-state index contributed by atoms with van der Waals surface area (Å²) in [6, 6.07) is 3.30. The zero-order chi connectivity index (χ0) is 22.2. The zero-order valence-electron chi connectivity index (χ0n) is 17.4. The van der Waals surface area contributed by atoms with E-state index in [-0.39, 0.29) is 12.0 Å². The zero-order valence-corrected chi connectivity index (χ0v) is 19.6. The van der Waals surface area contributed by atoms with E-state index in [4.69, 9.17) is 44.6 Å². The molecule has 0 aliphatic rings. The molecule has 0 saturated carbocycles. The first-order valence-corrected chi connectivity index (χ1v) is 10.3. The molecule has 0 spiro atoms. The highest BCUT2D eigenvalue weighted by atomic mass is 35.5. The second kappa shape index (κ2) is 11.5. The minimum atomic E-state index is -1.09. The van der Waals surface area contributed by atoms with Crippen molar-refractivity contribution in [2.75, 3.05) is 6.61 Å². The lowest BCUT2D eigenvalue weighted by atomic mass is 9.93. The Morgan fingerprint density at radius 1 is 1.21 bits per heavy atom. The first-order valence-electron chi connectivity index (χ1n) is 9.18. The molecule has 0 saturated heterocycles. The number of hydrogen-bond donors (Lipinski definition) is 2. The molecule has 2 N–H and O–H groups in total. The fraction of sp³-hybridized carbons (Fsp3) is 0.500. The number of ether oxygens (including phenoxy) is 1. The topological polar surface area (TPSA) is 76.4 Å². The Kier molecular flexibility index (Phi) is 10.1. The molecule has 1 aromatic heterocycles. The lowest BCUT2D eigenvalue weighted by Crippen LogP contribution is -2.19. The third kappa shape index (κ3) is 9.61. The van der Waals surface area contributed by atoms with Crippen LogP contribution in [0.3, 0.4) is 0 Å². The molecule has 29 heavy (non-hydrogen) atoms. The third-order valence-corrected chi connectivity index (χ3v) is 4.67. The van der Waals surface area contributed by atoms with Gasteiger partial charge in [0.05, 0.1) is 27.4 Å². The van der Waals surface area contributed by atoms with Crippen molar-refractivity contribution in [1.82, 2.24) is 15.1 Å². The van der Waals surface area contributed by atoms with Gasteiger partial charge in [-0.1, -0.05) is 62.5 Å². The maximum Gasteiger partial charge on any atom is 0.404 e. The van der Waals surface area contributed by atoms with Crippen molar-refractivity contribution in [3.05, 3.63) is 44.7 Å². The number of amides is 1. The van der Waals surface area contributed by atoms with Crippen molar-refractivity contribution in [1.29, 1.82) is 0 Å². The highest BCUT2D eigenvalue weighted by Crippen LogP contribution is 2.35. The van der Waals surface area contributed by atoms with Crippen LogP contribution in [0.15, 0.2) is 18.3 Å². The summed E-state index contributed by atoms with van der Waals surface area (Å²) in [4.78, 5) is 10.4. The minimum absolute atomic E-state index is 0.150. The molecule has 162 valence electrons. The van der Waals surface area contributed by atoms with E-state index in [0.29, 0.717) is 28.0 Å². The van der Waals surface area contributed by atoms with E-state index < -0.39 is 6.09 Å². The molecule has 0 atom stereocenters. The number of aromatic nitrogens is 2. The molecule has 0 aliphatic heterocycles. The second-order valence-electron chi connectivity index (χ2n) is 7.66. The van der Waals surface area contributed by atoms with Crippen molar-refractivity contribution in [3.8, 4) is 5.75 Å². The van der Waals surface area contributed by atoms with Crippen LogP contribution in [0.25, 0.3) is 0 Å². The highest BCUT2D eigenvalue weighted by molar-refractivity contribution is 6.37. The van der Waals surface area contributed by atoms with Gasteiger partial charge in [0, 0.05) is 19.8 Å². The Bertz CT molecular complexity index is 794. The van der Waals surface area contributed by atoms with Crippen molar-refractivity contribution in [2.24, 2.45) is 12.5 Å².